The van der Waals surface area contributed by atoms with Gasteiger partial charge in [-0.15, -0.1) is 0 Å². The lowest BCUT2D eigenvalue weighted by atomic mass is 9.77. The number of methoxy groups -OCH3 is 1. The van der Waals surface area contributed by atoms with E-state index in [-0.39, 0.29) is 25.2 Å². The summed E-state index contributed by atoms with van der Waals surface area (Å²) in [6, 6.07) is 12.7. The van der Waals surface area contributed by atoms with Crippen LogP contribution in [-0.2, 0) is 42.5 Å². The summed E-state index contributed by atoms with van der Waals surface area (Å²) in [5, 5.41) is 0. The lowest BCUT2D eigenvalue weighted by Gasteiger charge is -2.35. The molecular weight excluding hydrogens is 388 g/mol. The highest BCUT2D eigenvalue weighted by Crippen LogP contribution is 2.45. The Morgan fingerprint density at radius 3 is 2.43 bits per heavy atom. The van der Waals surface area contributed by atoms with Gasteiger partial charge in [0.25, 0.3) is 5.60 Å². The Kier molecular flexibility index (Phi) is 6.40. The third-order valence-electron chi connectivity index (χ3n) is 4.90. The average Bonchev–Trinajstić information content (AvgIpc) is 2.74. The fraction of sp³-hybridized carbons (Fsp3) is 0.348. The summed E-state index contributed by atoms with van der Waals surface area (Å²) in [5.74, 6) is -1.33. The second kappa shape index (κ2) is 8.98. The number of hydrogen-bond donors (Lipinski definition) is 0. The molecule has 0 bridgehead atoms. The van der Waals surface area contributed by atoms with E-state index < -0.39 is 23.3 Å². The zero-order chi connectivity index (χ0) is 21.7. The number of ketones is 1. The molecule has 2 aromatic carbocycles. The minimum absolute atomic E-state index is 0.00599. The molecule has 0 saturated heterocycles. The number of Topliss-reactive ketones (excluding diaryl/α,β-unsaturated/α-hetero) is 1. The molecule has 1 aliphatic carbocycles. The van der Waals surface area contributed by atoms with E-state index in [1.54, 1.807) is 19.1 Å². The number of benzene rings is 2. The molecule has 2 aromatic rings. The SMILES string of the molecule is CCOC(=O)C1(OC(C)=O)C(=O)CCc2c1ccc(OC)c2OCc1ccccc1. The summed E-state index contributed by atoms with van der Waals surface area (Å²) in [4.78, 5) is 37.7. The topological polar surface area (TPSA) is 88.1 Å². The minimum atomic E-state index is -2.15. The zero-order valence-electron chi connectivity index (χ0n) is 17.2. The number of carbonyl (C=O) groups is 3. The van der Waals surface area contributed by atoms with Gasteiger partial charge in [0.05, 0.1) is 13.7 Å². The molecular formula is C23H24O7. The van der Waals surface area contributed by atoms with Crippen molar-refractivity contribution in [1.29, 1.82) is 0 Å². The van der Waals surface area contributed by atoms with Gasteiger partial charge in [-0.3, -0.25) is 9.59 Å². The monoisotopic (exact) mass is 412 g/mol. The number of hydrogen-bond acceptors (Lipinski definition) is 7. The fourth-order valence-corrected chi connectivity index (χ4v) is 3.62. The molecule has 0 N–H and O–H groups in total. The van der Waals surface area contributed by atoms with Gasteiger partial charge >= 0.3 is 11.9 Å². The molecule has 30 heavy (non-hydrogen) atoms. The van der Waals surface area contributed by atoms with Crippen LogP contribution >= 0.6 is 0 Å². The molecule has 0 aromatic heterocycles. The van der Waals surface area contributed by atoms with Crippen molar-refractivity contribution < 1.29 is 33.3 Å². The first-order valence-electron chi connectivity index (χ1n) is 9.71. The smallest absolute Gasteiger partial charge is 0.363 e. The predicted octanol–water partition coefficient (Wildman–Crippen LogP) is 3.11. The predicted molar refractivity (Wildman–Crippen MR) is 107 cm³/mol. The van der Waals surface area contributed by atoms with Crippen molar-refractivity contribution in [2.24, 2.45) is 0 Å². The van der Waals surface area contributed by atoms with Crippen molar-refractivity contribution in [1.82, 2.24) is 0 Å². The van der Waals surface area contributed by atoms with E-state index in [9.17, 15) is 14.4 Å². The summed E-state index contributed by atoms with van der Waals surface area (Å²) in [6.07, 6.45) is 0.311. The van der Waals surface area contributed by atoms with Crippen LogP contribution < -0.4 is 9.47 Å². The highest BCUT2D eigenvalue weighted by Gasteiger charge is 2.55. The number of esters is 2. The number of ether oxygens (including phenoxy) is 4. The molecule has 0 saturated carbocycles. The van der Waals surface area contributed by atoms with Gasteiger partial charge in [0, 0.05) is 24.5 Å². The molecule has 3 rings (SSSR count). The summed E-state index contributed by atoms with van der Waals surface area (Å²) >= 11 is 0. The summed E-state index contributed by atoms with van der Waals surface area (Å²) in [7, 11) is 1.51. The first-order chi connectivity index (χ1) is 14.4. The van der Waals surface area contributed by atoms with Crippen molar-refractivity contribution in [3.63, 3.8) is 0 Å². The Balaban J connectivity index is 2.12. The molecule has 1 unspecified atom stereocenters. The molecule has 0 fully saturated rings. The van der Waals surface area contributed by atoms with Gasteiger partial charge in [0.2, 0.25) is 0 Å². The van der Waals surface area contributed by atoms with E-state index in [4.69, 9.17) is 18.9 Å². The van der Waals surface area contributed by atoms with E-state index in [1.165, 1.54) is 7.11 Å². The van der Waals surface area contributed by atoms with Crippen LogP contribution in [0.25, 0.3) is 0 Å². The lowest BCUT2D eigenvalue weighted by molar-refractivity contribution is -0.187. The Labute approximate surface area is 174 Å². The Morgan fingerprint density at radius 1 is 1.07 bits per heavy atom. The second-order valence-electron chi connectivity index (χ2n) is 6.82. The van der Waals surface area contributed by atoms with Crippen LogP contribution in [0.4, 0.5) is 0 Å². The zero-order valence-corrected chi connectivity index (χ0v) is 17.2. The van der Waals surface area contributed by atoms with Gasteiger partial charge in [-0.2, -0.15) is 0 Å². The van der Waals surface area contributed by atoms with Crippen LogP contribution in [0.2, 0.25) is 0 Å². The maximum atomic E-state index is 12.9. The van der Waals surface area contributed by atoms with Crippen LogP contribution in [0.15, 0.2) is 42.5 Å². The minimum Gasteiger partial charge on any atom is -0.493 e. The Bertz CT molecular complexity index is 952. The first kappa shape index (κ1) is 21.4. The summed E-state index contributed by atoms with van der Waals surface area (Å²) < 4.78 is 22.0. The summed E-state index contributed by atoms with van der Waals surface area (Å²) in [5.41, 5.74) is -0.372. The van der Waals surface area contributed by atoms with Crippen LogP contribution in [0, 0.1) is 0 Å². The normalized spacial score (nSPS) is 17.6. The quantitative estimate of drug-likeness (QED) is 0.510. The van der Waals surface area contributed by atoms with E-state index in [0.29, 0.717) is 23.5 Å². The second-order valence-corrected chi connectivity index (χ2v) is 6.82. The van der Waals surface area contributed by atoms with Crippen LogP contribution in [0.3, 0.4) is 0 Å². The third kappa shape index (κ3) is 3.87. The van der Waals surface area contributed by atoms with Gasteiger partial charge in [-0.05, 0) is 31.0 Å². The number of fused-ring (bicyclic) bond motifs is 1. The standard InChI is InChI=1S/C23H24O7/c1-4-28-22(26)23(30-15(2)24)18-11-12-19(27-3)21(17(18)10-13-20(23)25)29-14-16-8-6-5-7-9-16/h5-9,11-12H,4,10,13-14H2,1-3H3. The highest BCUT2D eigenvalue weighted by molar-refractivity contribution is 6.10. The average molecular weight is 412 g/mol. The van der Waals surface area contributed by atoms with Crippen molar-refractivity contribution in [3.8, 4) is 11.5 Å². The Hall–Kier alpha value is -3.35. The first-order valence-corrected chi connectivity index (χ1v) is 9.71. The lowest BCUT2D eigenvalue weighted by Crippen LogP contribution is -2.51. The van der Waals surface area contributed by atoms with E-state index in [1.807, 2.05) is 30.3 Å². The van der Waals surface area contributed by atoms with Gasteiger partial charge < -0.3 is 18.9 Å². The summed E-state index contributed by atoms with van der Waals surface area (Å²) in [6.45, 7) is 3.08. The molecule has 0 heterocycles. The van der Waals surface area contributed by atoms with Gasteiger partial charge in [0.15, 0.2) is 17.3 Å². The van der Waals surface area contributed by atoms with Crippen molar-refractivity contribution in [3.05, 3.63) is 59.2 Å². The number of carbonyl (C=O) groups excluding carboxylic acids is 3. The molecule has 0 spiro atoms. The molecule has 158 valence electrons. The van der Waals surface area contributed by atoms with Gasteiger partial charge in [-0.1, -0.05) is 30.3 Å². The Morgan fingerprint density at radius 2 is 1.80 bits per heavy atom. The van der Waals surface area contributed by atoms with Gasteiger partial charge in [0.1, 0.15) is 6.61 Å². The van der Waals surface area contributed by atoms with Gasteiger partial charge in [-0.25, -0.2) is 4.79 Å². The van der Waals surface area contributed by atoms with Crippen molar-refractivity contribution in [2.75, 3.05) is 13.7 Å². The highest BCUT2D eigenvalue weighted by atomic mass is 16.6. The molecule has 0 amide bonds. The van der Waals surface area contributed by atoms with E-state index >= 15 is 0 Å². The molecule has 1 atom stereocenters. The van der Waals surface area contributed by atoms with Crippen molar-refractivity contribution >= 4 is 17.7 Å². The van der Waals surface area contributed by atoms with Crippen LogP contribution in [-0.4, -0.2) is 31.4 Å². The molecule has 7 nitrogen and oxygen atoms in total. The molecule has 0 aliphatic heterocycles. The largest absolute Gasteiger partial charge is 0.493 e. The van der Waals surface area contributed by atoms with E-state index in [0.717, 1.165) is 12.5 Å². The third-order valence-corrected chi connectivity index (χ3v) is 4.90. The maximum Gasteiger partial charge on any atom is 0.363 e. The van der Waals surface area contributed by atoms with Crippen LogP contribution in [0.1, 0.15) is 37.0 Å². The van der Waals surface area contributed by atoms with Crippen LogP contribution in [0.5, 0.6) is 11.5 Å². The molecule has 0 radical (unpaired) electrons. The molecule has 1 aliphatic rings. The maximum absolute atomic E-state index is 12.9. The molecule has 7 heteroatoms. The van der Waals surface area contributed by atoms with E-state index in [2.05, 4.69) is 0 Å². The fourth-order valence-electron chi connectivity index (χ4n) is 3.62. The van der Waals surface area contributed by atoms with Crippen molar-refractivity contribution in [2.45, 2.75) is 38.9 Å². The number of rotatable bonds is 7.